The molecule has 130 valence electrons. The number of carbonyl (C=O) groups excluding carboxylic acids is 1. The fourth-order valence-electron chi connectivity index (χ4n) is 2.38. The quantitative estimate of drug-likeness (QED) is 0.713. The van der Waals surface area contributed by atoms with Gasteiger partial charge in [0.1, 0.15) is 12.4 Å². The monoisotopic (exact) mass is 342 g/mol. The Morgan fingerprint density at radius 2 is 1.91 bits per heavy atom. The van der Waals surface area contributed by atoms with E-state index in [2.05, 4.69) is 17.6 Å². The number of hydrogen-bond acceptors (Lipinski definition) is 4. The van der Waals surface area contributed by atoms with Crippen LogP contribution in [0.2, 0.25) is 0 Å². The van der Waals surface area contributed by atoms with Crippen LogP contribution in [0.4, 0.5) is 5.69 Å². The number of nitrogens with one attached hydrogen (secondary N) is 2. The fraction of sp³-hybridized carbons (Fsp3) is 0.588. The largest absolute Gasteiger partial charge is 0.492 e. The van der Waals surface area contributed by atoms with Crippen LogP contribution in [-0.4, -0.2) is 38.8 Å². The maximum Gasteiger partial charge on any atom is 0.227 e. The van der Waals surface area contributed by atoms with Gasteiger partial charge in [0, 0.05) is 31.4 Å². The van der Waals surface area contributed by atoms with Crippen LogP contribution in [0.5, 0.6) is 5.75 Å². The molecule has 0 atom stereocenters. The van der Waals surface area contributed by atoms with E-state index in [9.17, 15) is 4.79 Å². The maximum atomic E-state index is 12.1. The van der Waals surface area contributed by atoms with Crippen molar-refractivity contribution in [1.82, 2.24) is 5.32 Å². The number of rotatable bonds is 8. The SMILES string of the molecule is CCCNCCOc1ccc(NC(=O)C2CCOCC2)cc1.Cl. The molecule has 2 rings (SSSR count). The van der Waals surface area contributed by atoms with Gasteiger partial charge in [-0.1, -0.05) is 6.92 Å². The molecule has 0 spiro atoms. The van der Waals surface area contributed by atoms with Crippen molar-refractivity contribution >= 4 is 24.0 Å². The van der Waals surface area contributed by atoms with E-state index < -0.39 is 0 Å². The highest BCUT2D eigenvalue weighted by molar-refractivity contribution is 5.92. The molecule has 6 heteroatoms. The number of carbonyl (C=O) groups is 1. The molecular weight excluding hydrogens is 316 g/mol. The molecule has 1 aromatic carbocycles. The van der Waals surface area contributed by atoms with E-state index in [4.69, 9.17) is 9.47 Å². The molecule has 2 N–H and O–H groups in total. The number of amides is 1. The number of benzene rings is 1. The molecule has 1 saturated heterocycles. The first-order valence-corrected chi connectivity index (χ1v) is 8.12. The van der Waals surface area contributed by atoms with Crippen LogP contribution >= 0.6 is 12.4 Å². The smallest absolute Gasteiger partial charge is 0.227 e. The molecule has 1 aromatic rings. The van der Waals surface area contributed by atoms with Gasteiger partial charge in [0.05, 0.1) is 0 Å². The average molecular weight is 343 g/mol. The third kappa shape index (κ3) is 7.20. The second-order valence-electron chi connectivity index (χ2n) is 5.50. The van der Waals surface area contributed by atoms with Crippen molar-refractivity contribution in [3.8, 4) is 5.75 Å². The van der Waals surface area contributed by atoms with E-state index in [-0.39, 0.29) is 24.2 Å². The molecule has 0 aromatic heterocycles. The molecule has 0 aliphatic carbocycles. The third-order valence-corrected chi connectivity index (χ3v) is 3.69. The zero-order valence-electron chi connectivity index (χ0n) is 13.7. The lowest BCUT2D eigenvalue weighted by atomic mass is 9.99. The Morgan fingerprint density at radius 3 is 2.57 bits per heavy atom. The summed E-state index contributed by atoms with van der Waals surface area (Å²) in [6.45, 7) is 6.00. The van der Waals surface area contributed by atoms with Crippen molar-refractivity contribution in [2.75, 3.05) is 38.2 Å². The lowest BCUT2D eigenvalue weighted by molar-refractivity contribution is -0.122. The van der Waals surface area contributed by atoms with Crippen LogP contribution in [0.3, 0.4) is 0 Å². The molecule has 1 aliphatic heterocycles. The average Bonchev–Trinajstić information content (AvgIpc) is 2.57. The van der Waals surface area contributed by atoms with E-state index in [1.807, 2.05) is 24.3 Å². The van der Waals surface area contributed by atoms with Gasteiger partial charge < -0.3 is 20.1 Å². The summed E-state index contributed by atoms with van der Waals surface area (Å²) in [5.74, 6) is 0.970. The predicted molar refractivity (Wildman–Crippen MR) is 94.5 cm³/mol. The summed E-state index contributed by atoms with van der Waals surface area (Å²) in [7, 11) is 0. The van der Waals surface area contributed by atoms with Crippen LogP contribution in [-0.2, 0) is 9.53 Å². The summed E-state index contributed by atoms with van der Waals surface area (Å²) in [5, 5.41) is 6.25. The van der Waals surface area contributed by atoms with Gasteiger partial charge in [0.2, 0.25) is 5.91 Å². The Bertz CT molecular complexity index is 448. The molecule has 0 unspecified atom stereocenters. The molecule has 0 saturated carbocycles. The Labute approximate surface area is 144 Å². The zero-order valence-corrected chi connectivity index (χ0v) is 14.5. The summed E-state index contributed by atoms with van der Waals surface area (Å²) in [6.07, 6.45) is 2.73. The van der Waals surface area contributed by atoms with Crippen LogP contribution in [0.15, 0.2) is 24.3 Å². The molecule has 0 radical (unpaired) electrons. The first-order valence-electron chi connectivity index (χ1n) is 8.12. The summed E-state index contributed by atoms with van der Waals surface area (Å²) >= 11 is 0. The molecular formula is C17H27ClN2O3. The maximum absolute atomic E-state index is 12.1. The topological polar surface area (TPSA) is 59.6 Å². The van der Waals surface area contributed by atoms with Crippen LogP contribution in [0.1, 0.15) is 26.2 Å². The van der Waals surface area contributed by atoms with Crippen LogP contribution < -0.4 is 15.4 Å². The van der Waals surface area contributed by atoms with Crippen molar-refractivity contribution in [1.29, 1.82) is 0 Å². The van der Waals surface area contributed by atoms with E-state index in [0.717, 1.165) is 43.8 Å². The van der Waals surface area contributed by atoms with Crippen molar-refractivity contribution in [3.63, 3.8) is 0 Å². The molecule has 1 fully saturated rings. The first-order chi connectivity index (χ1) is 10.8. The second kappa shape index (κ2) is 11.3. The predicted octanol–water partition coefficient (Wildman–Crippen LogP) is 2.85. The Morgan fingerprint density at radius 1 is 1.22 bits per heavy atom. The molecule has 23 heavy (non-hydrogen) atoms. The minimum Gasteiger partial charge on any atom is -0.492 e. The van der Waals surface area contributed by atoms with E-state index in [1.54, 1.807) is 0 Å². The Balaban J connectivity index is 0.00000264. The van der Waals surface area contributed by atoms with Gasteiger partial charge in [0.25, 0.3) is 0 Å². The molecule has 0 bridgehead atoms. The molecule has 1 aliphatic rings. The highest BCUT2D eigenvalue weighted by atomic mass is 35.5. The van der Waals surface area contributed by atoms with Gasteiger partial charge >= 0.3 is 0 Å². The summed E-state index contributed by atoms with van der Waals surface area (Å²) < 4.78 is 10.9. The molecule has 5 nitrogen and oxygen atoms in total. The molecule has 1 amide bonds. The van der Waals surface area contributed by atoms with E-state index in [1.165, 1.54) is 0 Å². The Hall–Kier alpha value is -1.30. The fourth-order valence-corrected chi connectivity index (χ4v) is 2.38. The van der Waals surface area contributed by atoms with Crippen molar-refractivity contribution in [2.45, 2.75) is 26.2 Å². The third-order valence-electron chi connectivity index (χ3n) is 3.69. The highest BCUT2D eigenvalue weighted by Crippen LogP contribution is 2.19. The van der Waals surface area contributed by atoms with Crippen molar-refractivity contribution in [2.24, 2.45) is 5.92 Å². The van der Waals surface area contributed by atoms with E-state index >= 15 is 0 Å². The van der Waals surface area contributed by atoms with Crippen molar-refractivity contribution < 1.29 is 14.3 Å². The first kappa shape index (κ1) is 19.7. The normalized spacial score (nSPS) is 14.8. The summed E-state index contributed by atoms with van der Waals surface area (Å²) in [4.78, 5) is 12.1. The van der Waals surface area contributed by atoms with Gasteiger partial charge in [-0.3, -0.25) is 4.79 Å². The van der Waals surface area contributed by atoms with Gasteiger partial charge in [-0.05, 0) is 50.1 Å². The van der Waals surface area contributed by atoms with Crippen LogP contribution in [0, 0.1) is 5.92 Å². The van der Waals surface area contributed by atoms with Gasteiger partial charge in [-0.2, -0.15) is 0 Å². The standard InChI is InChI=1S/C17H26N2O3.ClH/c1-2-9-18-10-13-22-16-5-3-15(4-6-16)19-17(20)14-7-11-21-12-8-14;/h3-6,14,18H,2,7-13H2,1H3,(H,19,20);1H. The zero-order chi connectivity index (χ0) is 15.6. The Kier molecular flexibility index (Phi) is 9.67. The number of ether oxygens (including phenoxy) is 2. The summed E-state index contributed by atoms with van der Waals surface area (Å²) in [5.41, 5.74) is 0.813. The number of halogens is 1. The second-order valence-corrected chi connectivity index (χ2v) is 5.50. The summed E-state index contributed by atoms with van der Waals surface area (Å²) in [6, 6.07) is 7.54. The minimum atomic E-state index is 0. The van der Waals surface area contributed by atoms with Crippen LogP contribution in [0.25, 0.3) is 0 Å². The van der Waals surface area contributed by atoms with E-state index in [0.29, 0.717) is 19.8 Å². The minimum absolute atomic E-state index is 0. The molecule has 1 heterocycles. The lowest BCUT2D eigenvalue weighted by Gasteiger charge is -2.21. The van der Waals surface area contributed by atoms with Gasteiger partial charge in [0.15, 0.2) is 0 Å². The van der Waals surface area contributed by atoms with Gasteiger partial charge in [-0.15, -0.1) is 12.4 Å². The van der Waals surface area contributed by atoms with Crippen molar-refractivity contribution in [3.05, 3.63) is 24.3 Å². The van der Waals surface area contributed by atoms with Gasteiger partial charge in [-0.25, -0.2) is 0 Å². The number of hydrogen-bond donors (Lipinski definition) is 2. The lowest BCUT2D eigenvalue weighted by Crippen LogP contribution is -2.28. The highest BCUT2D eigenvalue weighted by Gasteiger charge is 2.21. The number of anilines is 1.